The van der Waals surface area contributed by atoms with Gasteiger partial charge < -0.3 is 14.2 Å². The molecule has 0 atom stereocenters. The van der Waals surface area contributed by atoms with E-state index < -0.39 is 0 Å². The van der Waals surface area contributed by atoms with Crippen molar-refractivity contribution in [2.75, 3.05) is 0 Å². The van der Waals surface area contributed by atoms with Crippen LogP contribution < -0.4 is 10.7 Å². The van der Waals surface area contributed by atoms with E-state index in [2.05, 4.69) is 5.32 Å². The Balaban J connectivity index is 1.60. The number of nitrogens with one attached hydrogen (secondary N) is 1. The standard InChI is InChI=1S/C23H19NO4/c1-14-10-15(2)22-19(11-14)20(25)12-21(28-22)16-5-7-17(8-6-16)23(26)24-13-18-4-3-9-27-18/h3-12H,13H2,1-2H3,(H,24,26). The monoisotopic (exact) mass is 373 g/mol. The number of rotatable bonds is 4. The Bertz CT molecular complexity index is 1200. The minimum absolute atomic E-state index is 0.0803. The highest BCUT2D eigenvalue weighted by molar-refractivity contribution is 5.94. The molecule has 5 heteroatoms. The van der Waals surface area contributed by atoms with Gasteiger partial charge in [0.1, 0.15) is 17.1 Å². The molecule has 140 valence electrons. The van der Waals surface area contributed by atoms with Gasteiger partial charge in [-0.2, -0.15) is 0 Å². The molecule has 0 aliphatic carbocycles. The van der Waals surface area contributed by atoms with Crippen molar-refractivity contribution in [3.8, 4) is 11.3 Å². The Morgan fingerprint density at radius 1 is 1.04 bits per heavy atom. The van der Waals surface area contributed by atoms with Crippen LogP contribution in [0.1, 0.15) is 27.2 Å². The van der Waals surface area contributed by atoms with Gasteiger partial charge in [0.2, 0.25) is 0 Å². The second-order valence-electron chi connectivity index (χ2n) is 6.77. The maximum atomic E-state index is 12.5. The van der Waals surface area contributed by atoms with E-state index in [1.54, 1.807) is 42.7 Å². The van der Waals surface area contributed by atoms with Crippen LogP contribution in [-0.4, -0.2) is 5.91 Å². The van der Waals surface area contributed by atoms with Gasteiger partial charge in [-0.3, -0.25) is 9.59 Å². The van der Waals surface area contributed by atoms with E-state index in [1.807, 2.05) is 26.0 Å². The molecule has 0 radical (unpaired) electrons. The maximum absolute atomic E-state index is 12.5. The molecule has 0 saturated carbocycles. The molecular weight excluding hydrogens is 354 g/mol. The summed E-state index contributed by atoms with van der Waals surface area (Å²) < 4.78 is 11.2. The smallest absolute Gasteiger partial charge is 0.251 e. The summed E-state index contributed by atoms with van der Waals surface area (Å²) >= 11 is 0. The molecule has 0 unspecified atom stereocenters. The zero-order valence-corrected chi connectivity index (χ0v) is 15.6. The lowest BCUT2D eigenvalue weighted by Crippen LogP contribution is -2.22. The van der Waals surface area contributed by atoms with Crippen LogP contribution >= 0.6 is 0 Å². The minimum Gasteiger partial charge on any atom is -0.467 e. The molecule has 28 heavy (non-hydrogen) atoms. The number of furan rings is 1. The van der Waals surface area contributed by atoms with Crippen molar-refractivity contribution in [2.45, 2.75) is 20.4 Å². The van der Waals surface area contributed by atoms with Gasteiger partial charge in [-0.15, -0.1) is 0 Å². The average molecular weight is 373 g/mol. The van der Waals surface area contributed by atoms with Crippen LogP contribution in [0, 0.1) is 13.8 Å². The van der Waals surface area contributed by atoms with Crippen LogP contribution in [0.2, 0.25) is 0 Å². The molecule has 2 aromatic heterocycles. The molecule has 1 amide bonds. The number of benzene rings is 2. The molecule has 1 N–H and O–H groups in total. The summed E-state index contributed by atoms with van der Waals surface area (Å²) in [4.78, 5) is 24.8. The highest BCUT2D eigenvalue weighted by Gasteiger charge is 2.11. The van der Waals surface area contributed by atoms with E-state index in [0.29, 0.717) is 34.6 Å². The van der Waals surface area contributed by atoms with E-state index in [0.717, 1.165) is 16.7 Å². The molecule has 0 spiro atoms. The van der Waals surface area contributed by atoms with Gasteiger partial charge in [-0.05, 0) is 55.3 Å². The van der Waals surface area contributed by atoms with Crippen molar-refractivity contribution in [2.24, 2.45) is 0 Å². The van der Waals surface area contributed by atoms with Gasteiger partial charge in [0.25, 0.3) is 5.91 Å². The third-order valence-corrected chi connectivity index (χ3v) is 4.59. The van der Waals surface area contributed by atoms with Crippen molar-refractivity contribution < 1.29 is 13.6 Å². The van der Waals surface area contributed by atoms with Crippen molar-refractivity contribution in [1.29, 1.82) is 0 Å². The highest BCUT2D eigenvalue weighted by atomic mass is 16.3. The SMILES string of the molecule is Cc1cc(C)c2oc(-c3ccc(C(=O)NCc4ccco4)cc3)cc(=O)c2c1. The third kappa shape index (κ3) is 3.47. The van der Waals surface area contributed by atoms with Crippen LogP contribution in [0.25, 0.3) is 22.3 Å². The zero-order valence-electron chi connectivity index (χ0n) is 15.6. The summed E-state index contributed by atoms with van der Waals surface area (Å²) in [6.45, 7) is 4.20. The number of hydrogen-bond donors (Lipinski definition) is 1. The van der Waals surface area contributed by atoms with E-state index >= 15 is 0 Å². The van der Waals surface area contributed by atoms with E-state index in [4.69, 9.17) is 8.83 Å². The minimum atomic E-state index is -0.200. The number of amides is 1. The van der Waals surface area contributed by atoms with Crippen LogP contribution in [-0.2, 0) is 6.54 Å². The number of carbonyl (C=O) groups is 1. The van der Waals surface area contributed by atoms with Crippen molar-refractivity contribution in [3.05, 3.63) is 93.5 Å². The molecule has 2 heterocycles. The van der Waals surface area contributed by atoms with Gasteiger partial charge in [0.15, 0.2) is 5.43 Å². The second kappa shape index (κ2) is 7.19. The molecule has 0 bridgehead atoms. The van der Waals surface area contributed by atoms with E-state index in [-0.39, 0.29) is 11.3 Å². The van der Waals surface area contributed by atoms with Crippen molar-refractivity contribution in [3.63, 3.8) is 0 Å². The first kappa shape index (κ1) is 17.8. The van der Waals surface area contributed by atoms with Gasteiger partial charge in [0, 0.05) is 17.2 Å². The van der Waals surface area contributed by atoms with Gasteiger partial charge in [-0.25, -0.2) is 0 Å². The Morgan fingerprint density at radius 3 is 2.54 bits per heavy atom. The number of carbonyl (C=O) groups excluding carboxylic acids is 1. The molecule has 5 nitrogen and oxygen atoms in total. The lowest BCUT2D eigenvalue weighted by Gasteiger charge is -2.08. The molecule has 2 aromatic carbocycles. The molecular formula is C23H19NO4. The van der Waals surface area contributed by atoms with Crippen LogP contribution in [0.3, 0.4) is 0 Å². The van der Waals surface area contributed by atoms with Crippen LogP contribution in [0.4, 0.5) is 0 Å². The van der Waals surface area contributed by atoms with Crippen LogP contribution in [0.5, 0.6) is 0 Å². The summed E-state index contributed by atoms with van der Waals surface area (Å²) in [5.41, 5.74) is 3.71. The predicted molar refractivity (Wildman–Crippen MR) is 107 cm³/mol. The Labute approximate surface area is 161 Å². The number of hydrogen-bond acceptors (Lipinski definition) is 4. The molecule has 0 aliphatic rings. The van der Waals surface area contributed by atoms with Crippen molar-refractivity contribution in [1.82, 2.24) is 5.32 Å². The Kier molecular flexibility index (Phi) is 4.57. The van der Waals surface area contributed by atoms with Gasteiger partial charge >= 0.3 is 0 Å². The maximum Gasteiger partial charge on any atom is 0.251 e. The molecule has 0 aliphatic heterocycles. The molecule has 0 saturated heterocycles. The quantitative estimate of drug-likeness (QED) is 0.567. The largest absolute Gasteiger partial charge is 0.467 e. The predicted octanol–water partition coefficient (Wildman–Crippen LogP) is 4.60. The second-order valence-corrected chi connectivity index (χ2v) is 6.77. The summed E-state index contributed by atoms with van der Waals surface area (Å²) in [6.07, 6.45) is 1.57. The first-order valence-corrected chi connectivity index (χ1v) is 8.97. The summed E-state index contributed by atoms with van der Waals surface area (Å²) in [6, 6.07) is 15.9. The summed E-state index contributed by atoms with van der Waals surface area (Å²) in [5, 5.41) is 3.38. The average Bonchev–Trinajstić information content (AvgIpc) is 3.20. The lowest BCUT2D eigenvalue weighted by molar-refractivity contribution is 0.0948. The third-order valence-electron chi connectivity index (χ3n) is 4.59. The number of aryl methyl sites for hydroxylation is 2. The molecule has 4 aromatic rings. The fourth-order valence-electron chi connectivity index (χ4n) is 3.22. The van der Waals surface area contributed by atoms with Gasteiger partial charge in [-0.1, -0.05) is 18.2 Å². The Hall–Kier alpha value is -3.60. The molecule has 0 fully saturated rings. The summed E-state index contributed by atoms with van der Waals surface area (Å²) in [5.74, 6) is 0.967. The van der Waals surface area contributed by atoms with Crippen LogP contribution in [0.15, 0.2) is 74.5 Å². The fourth-order valence-corrected chi connectivity index (χ4v) is 3.22. The fraction of sp³-hybridized carbons (Fsp3) is 0.130. The highest BCUT2D eigenvalue weighted by Crippen LogP contribution is 2.25. The lowest BCUT2D eigenvalue weighted by atomic mass is 10.1. The van der Waals surface area contributed by atoms with Crippen molar-refractivity contribution >= 4 is 16.9 Å². The van der Waals surface area contributed by atoms with E-state index in [9.17, 15) is 9.59 Å². The Morgan fingerprint density at radius 2 is 1.82 bits per heavy atom. The summed E-state index contributed by atoms with van der Waals surface area (Å²) in [7, 11) is 0. The first-order valence-electron chi connectivity index (χ1n) is 8.97. The zero-order chi connectivity index (χ0) is 19.7. The normalized spacial score (nSPS) is 10.9. The number of fused-ring (bicyclic) bond motifs is 1. The topological polar surface area (TPSA) is 72.5 Å². The van der Waals surface area contributed by atoms with Gasteiger partial charge in [0.05, 0.1) is 18.2 Å². The molecule has 4 rings (SSSR count). The first-order chi connectivity index (χ1) is 13.5. The van der Waals surface area contributed by atoms with E-state index in [1.165, 1.54) is 6.07 Å².